The Morgan fingerprint density at radius 3 is 1.50 bits per heavy atom. The van der Waals surface area contributed by atoms with E-state index in [-0.39, 0.29) is 11.9 Å². The van der Waals surface area contributed by atoms with E-state index in [2.05, 4.69) is 6.92 Å². The van der Waals surface area contributed by atoms with Crippen molar-refractivity contribution in [1.29, 1.82) is 0 Å². The zero-order chi connectivity index (χ0) is 19.3. The van der Waals surface area contributed by atoms with Crippen LogP contribution in [0.4, 0.5) is 0 Å². The maximum absolute atomic E-state index is 11.6. The first kappa shape index (κ1) is 25.2. The first-order chi connectivity index (χ1) is 12.7. The summed E-state index contributed by atoms with van der Waals surface area (Å²) in [5.41, 5.74) is 0. The number of unbranched alkanes of at least 4 members (excludes halogenated alkanes) is 10. The Balaban J connectivity index is 3.30. The van der Waals surface area contributed by atoms with Crippen molar-refractivity contribution in [3.63, 3.8) is 0 Å². The van der Waals surface area contributed by atoms with Gasteiger partial charge in [-0.3, -0.25) is 9.59 Å². The van der Waals surface area contributed by atoms with E-state index in [9.17, 15) is 9.59 Å². The van der Waals surface area contributed by atoms with E-state index in [0.29, 0.717) is 38.9 Å². The Labute approximate surface area is 165 Å². The van der Waals surface area contributed by atoms with Crippen LogP contribution in [0.1, 0.15) is 103 Å². The molecule has 0 aromatic heterocycles. The zero-order valence-corrected chi connectivity index (χ0v) is 17.5. The van der Waals surface area contributed by atoms with Crippen LogP contribution in [0.25, 0.3) is 0 Å². The van der Waals surface area contributed by atoms with Crippen LogP contribution in [0.5, 0.6) is 0 Å². The van der Waals surface area contributed by atoms with E-state index in [1.807, 2.05) is 0 Å². The summed E-state index contributed by atoms with van der Waals surface area (Å²) in [6.45, 7) is 3.21. The number of carbonyl (C=O) groups excluding carboxylic acids is 2. The Kier molecular flexibility index (Phi) is 19.9. The summed E-state index contributed by atoms with van der Waals surface area (Å²) >= 11 is 5.63. The van der Waals surface area contributed by atoms with Crippen LogP contribution >= 0.6 is 11.6 Å². The fourth-order valence-corrected chi connectivity index (χ4v) is 2.85. The van der Waals surface area contributed by atoms with Crippen LogP contribution in [0, 0.1) is 0 Å². The highest BCUT2D eigenvalue weighted by molar-refractivity contribution is 6.17. The molecule has 0 aliphatic heterocycles. The Hall–Kier alpha value is -0.770. The lowest BCUT2D eigenvalue weighted by Gasteiger charge is -2.06. The average Bonchev–Trinajstić information content (AvgIpc) is 2.64. The predicted octanol–water partition coefficient (Wildman–Crippen LogP) is 6.18. The third kappa shape index (κ3) is 19.6. The number of ether oxygens (including phenoxy) is 2. The van der Waals surface area contributed by atoms with E-state index in [4.69, 9.17) is 21.1 Å². The number of carbonyl (C=O) groups is 2. The van der Waals surface area contributed by atoms with Crippen molar-refractivity contribution in [3.8, 4) is 0 Å². The Morgan fingerprint density at radius 1 is 0.615 bits per heavy atom. The van der Waals surface area contributed by atoms with Crippen molar-refractivity contribution in [3.05, 3.63) is 0 Å². The summed E-state index contributed by atoms with van der Waals surface area (Å²) in [6.07, 6.45) is 14.6. The largest absolute Gasteiger partial charge is 0.466 e. The molecule has 0 saturated carbocycles. The molecular weight excluding hydrogens is 352 g/mol. The highest BCUT2D eigenvalue weighted by Crippen LogP contribution is 2.08. The molecule has 0 heterocycles. The number of halogens is 1. The molecule has 0 aromatic carbocycles. The molecular formula is C21H39ClO4. The lowest BCUT2D eigenvalue weighted by Crippen LogP contribution is -2.08. The van der Waals surface area contributed by atoms with Gasteiger partial charge in [0.2, 0.25) is 0 Å². The van der Waals surface area contributed by atoms with Crippen LogP contribution in [0.3, 0.4) is 0 Å². The van der Waals surface area contributed by atoms with Gasteiger partial charge in [0, 0.05) is 18.7 Å². The molecule has 0 spiro atoms. The summed E-state index contributed by atoms with van der Waals surface area (Å²) in [6, 6.07) is 0. The van der Waals surface area contributed by atoms with Crippen molar-refractivity contribution >= 4 is 23.5 Å². The molecule has 154 valence electrons. The second-order valence-corrected chi connectivity index (χ2v) is 7.25. The maximum Gasteiger partial charge on any atom is 0.305 e. The van der Waals surface area contributed by atoms with Crippen LogP contribution in [0.2, 0.25) is 0 Å². The summed E-state index contributed by atoms with van der Waals surface area (Å²) in [7, 11) is 0. The molecule has 0 N–H and O–H groups in total. The van der Waals surface area contributed by atoms with Crippen LogP contribution in [0.15, 0.2) is 0 Å². The number of rotatable bonds is 19. The fourth-order valence-electron chi connectivity index (χ4n) is 2.66. The highest BCUT2D eigenvalue weighted by Gasteiger charge is 2.06. The molecule has 26 heavy (non-hydrogen) atoms. The van der Waals surface area contributed by atoms with Crippen molar-refractivity contribution in [2.24, 2.45) is 0 Å². The predicted molar refractivity (Wildman–Crippen MR) is 108 cm³/mol. The minimum atomic E-state index is -0.156. The summed E-state index contributed by atoms with van der Waals surface area (Å²) in [4.78, 5) is 23.2. The minimum Gasteiger partial charge on any atom is -0.466 e. The SMILES string of the molecule is CCCCCCCOC(=O)CCCCC(=O)OCCCCCCCCCl. The van der Waals surface area contributed by atoms with Gasteiger partial charge in [0.1, 0.15) is 0 Å². The Bertz CT molecular complexity index is 334. The quantitative estimate of drug-likeness (QED) is 0.150. The first-order valence-electron chi connectivity index (χ1n) is 10.6. The highest BCUT2D eigenvalue weighted by atomic mass is 35.5. The second kappa shape index (κ2) is 20.5. The molecule has 0 fully saturated rings. The molecule has 0 aromatic rings. The van der Waals surface area contributed by atoms with Crippen molar-refractivity contribution in [1.82, 2.24) is 0 Å². The monoisotopic (exact) mass is 390 g/mol. The van der Waals surface area contributed by atoms with E-state index in [1.165, 1.54) is 38.5 Å². The molecule has 0 rings (SSSR count). The van der Waals surface area contributed by atoms with Gasteiger partial charge in [-0.15, -0.1) is 11.6 Å². The number of alkyl halides is 1. The van der Waals surface area contributed by atoms with Gasteiger partial charge < -0.3 is 9.47 Å². The first-order valence-corrected chi connectivity index (χ1v) is 11.1. The van der Waals surface area contributed by atoms with Crippen molar-refractivity contribution in [2.45, 2.75) is 103 Å². The van der Waals surface area contributed by atoms with Gasteiger partial charge in [-0.25, -0.2) is 0 Å². The molecule has 0 bridgehead atoms. The fraction of sp³-hybridized carbons (Fsp3) is 0.905. The zero-order valence-electron chi connectivity index (χ0n) is 16.7. The summed E-state index contributed by atoms with van der Waals surface area (Å²) in [5.74, 6) is 0.438. The average molecular weight is 391 g/mol. The molecule has 4 nitrogen and oxygen atoms in total. The minimum absolute atomic E-state index is 0.150. The van der Waals surface area contributed by atoms with E-state index >= 15 is 0 Å². The molecule has 0 atom stereocenters. The standard InChI is InChI=1S/C21H39ClO4/c1-2-3-4-8-13-18-25-20(23)15-10-11-16-21(24)26-19-14-9-6-5-7-12-17-22/h2-19H2,1H3. The van der Waals surface area contributed by atoms with Gasteiger partial charge in [0.05, 0.1) is 13.2 Å². The van der Waals surface area contributed by atoms with Gasteiger partial charge in [-0.05, 0) is 32.1 Å². The molecule has 5 heteroatoms. The van der Waals surface area contributed by atoms with E-state index < -0.39 is 0 Å². The molecule has 0 saturated heterocycles. The van der Waals surface area contributed by atoms with E-state index in [1.54, 1.807) is 0 Å². The molecule has 0 amide bonds. The third-order valence-corrected chi connectivity index (χ3v) is 4.58. The summed E-state index contributed by atoms with van der Waals surface area (Å²) in [5, 5.41) is 0. The van der Waals surface area contributed by atoms with Gasteiger partial charge in [0.15, 0.2) is 0 Å². The summed E-state index contributed by atoms with van der Waals surface area (Å²) < 4.78 is 10.4. The number of hydrogen-bond acceptors (Lipinski definition) is 4. The van der Waals surface area contributed by atoms with Gasteiger partial charge in [-0.1, -0.05) is 58.3 Å². The second-order valence-electron chi connectivity index (χ2n) is 6.87. The van der Waals surface area contributed by atoms with Crippen LogP contribution in [-0.2, 0) is 19.1 Å². The number of hydrogen-bond donors (Lipinski definition) is 0. The van der Waals surface area contributed by atoms with E-state index in [0.717, 1.165) is 38.0 Å². The van der Waals surface area contributed by atoms with Crippen LogP contribution in [-0.4, -0.2) is 31.0 Å². The number of esters is 2. The van der Waals surface area contributed by atoms with Gasteiger partial charge in [-0.2, -0.15) is 0 Å². The van der Waals surface area contributed by atoms with Crippen molar-refractivity contribution < 1.29 is 19.1 Å². The lowest BCUT2D eigenvalue weighted by molar-refractivity contribution is -0.146. The lowest BCUT2D eigenvalue weighted by atomic mass is 10.1. The molecule has 0 unspecified atom stereocenters. The molecule has 0 aliphatic rings. The molecule has 0 radical (unpaired) electrons. The third-order valence-electron chi connectivity index (χ3n) is 4.31. The van der Waals surface area contributed by atoms with Gasteiger partial charge >= 0.3 is 11.9 Å². The normalized spacial score (nSPS) is 10.7. The Morgan fingerprint density at radius 2 is 1.04 bits per heavy atom. The smallest absolute Gasteiger partial charge is 0.305 e. The maximum atomic E-state index is 11.6. The van der Waals surface area contributed by atoms with Gasteiger partial charge in [0.25, 0.3) is 0 Å². The topological polar surface area (TPSA) is 52.6 Å². The molecule has 0 aliphatic carbocycles. The van der Waals surface area contributed by atoms with Crippen molar-refractivity contribution in [2.75, 3.05) is 19.1 Å². The van der Waals surface area contributed by atoms with Crippen LogP contribution < -0.4 is 0 Å².